The van der Waals surface area contributed by atoms with Crippen molar-refractivity contribution < 1.29 is 13.6 Å². The quantitative estimate of drug-likeness (QED) is 0.128. The average Bonchev–Trinajstić information content (AvgIpc) is 2.84. The fourth-order valence-electron chi connectivity index (χ4n) is 4.28. The molecule has 2 aromatic rings. The summed E-state index contributed by atoms with van der Waals surface area (Å²) in [6.07, 6.45) is 20.3. The first-order chi connectivity index (χ1) is 17.0. The van der Waals surface area contributed by atoms with Gasteiger partial charge in [-0.3, -0.25) is 0 Å². The van der Waals surface area contributed by atoms with Gasteiger partial charge in [0.2, 0.25) is 0 Å². The van der Waals surface area contributed by atoms with Crippen LogP contribution in [-0.2, 0) is 17.4 Å². The van der Waals surface area contributed by atoms with Crippen molar-refractivity contribution in [1.29, 1.82) is 0 Å². The van der Waals surface area contributed by atoms with Gasteiger partial charge in [-0.05, 0) is 61.1 Å². The summed E-state index contributed by atoms with van der Waals surface area (Å²) in [7, 11) is 0. The highest BCUT2D eigenvalue weighted by molar-refractivity contribution is 7.82. The van der Waals surface area contributed by atoms with Crippen molar-refractivity contribution in [3.05, 3.63) is 59.7 Å². The van der Waals surface area contributed by atoms with E-state index in [4.69, 9.17) is 20.3 Å². The Bertz CT molecular complexity index is 768. The zero-order chi connectivity index (χ0) is 25.2. The molecule has 0 N–H and O–H groups in total. The SMILES string of the molecule is CCCCCCCCCc1ccc(OP(=O)(Cl)Oc2ccc(CCCCCCCCC)cc2)cc1. The van der Waals surface area contributed by atoms with E-state index in [2.05, 4.69) is 13.8 Å². The van der Waals surface area contributed by atoms with Gasteiger partial charge >= 0.3 is 6.95 Å². The van der Waals surface area contributed by atoms with Crippen molar-refractivity contribution in [2.45, 2.75) is 117 Å². The van der Waals surface area contributed by atoms with Crippen LogP contribution in [-0.4, -0.2) is 0 Å². The second-order valence-corrected chi connectivity index (χ2v) is 12.1. The van der Waals surface area contributed by atoms with Crippen molar-refractivity contribution in [3.63, 3.8) is 0 Å². The molecule has 0 atom stereocenters. The number of hydrogen-bond acceptors (Lipinski definition) is 3. The number of aryl methyl sites for hydroxylation is 2. The maximum Gasteiger partial charge on any atom is 0.530 e. The minimum atomic E-state index is -3.77. The first-order valence-corrected chi connectivity index (χ1v) is 16.3. The van der Waals surface area contributed by atoms with Gasteiger partial charge in [-0.25, -0.2) is 4.57 Å². The van der Waals surface area contributed by atoms with Gasteiger partial charge in [0.05, 0.1) is 0 Å². The third-order valence-electron chi connectivity index (χ3n) is 6.41. The predicted molar refractivity (Wildman–Crippen MR) is 151 cm³/mol. The van der Waals surface area contributed by atoms with Crippen LogP contribution in [0.3, 0.4) is 0 Å². The second kappa shape index (κ2) is 17.9. The first kappa shape index (κ1) is 29.8. The Hall–Kier alpha value is -1.44. The molecule has 35 heavy (non-hydrogen) atoms. The van der Waals surface area contributed by atoms with E-state index in [1.807, 2.05) is 48.5 Å². The molecule has 0 unspecified atom stereocenters. The van der Waals surface area contributed by atoms with Crippen molar-refractivity contribution >= 4 is 18.2 Å². The smallest absolute Gasteiger partial charge is 0.405 e. The fraction of sp³-hybridized carbons (Fsp3) is 0.600. The molecule has 0 aliphatic heterocycles. The molecule has 0 amide bonds. The Morgan fingerprint density at radius 2 is 0.857 bits per heavy atom. The molecule has 0 aliphatic carbocycles. The third kappa shape index (κ3) is 14.0. The number of hydrogen-bond donors (Lipinski definition) is 0. The van der Waals surface area contributed by atoms with Crippen LogP contribution < -0.4 is 9.05 Å². The standard InChI is InChI=1S/C30H46ClO3P/c1-3-5-7-9-11-13-15-17-27-19-23-29(24-20-27)33-35(31,32)34-30-25-21-28(22-26-30)18-16-14-12-10-8-6-4-2/h19-26H,3-18H2,1-2H3. The number of rotatable bonds is 20. The Morgan fingerprint density at radius 3 is 1.20 bits per heavy atom. The first-order valence-electron chi connectivity index (χ1n) is 13.9. The van der Waals surface area contributed by atoms with Gasteiger partial charge in [0.1, 0.15) is 11.5 Å². The lowest BCUT2D eigenvalue weighted by molar-refractivity contribution is 0.406. The monoisotopic (exact) mass is 520 g/mol. The highest BCUT2D eigenvalue weighted by Crippen LogP contribution is 2.53. The topological polar surface area (TPSA) is 35.5 Å². The van der Waals surface area contributed by atoms with E-state index in [1.165, 1.54) is 101 Å². The summed E-state index contributed by atoms with van der Waals surface area (Å²) in [5.74, 6) is 0.921. The molecule has 2 aromatic carbocycles. The zero-order valence-corrected chi connectivity index (χ0v) is 23.6. The van der Waals surface area contributed by atoms with E-state index in [-0.39, 0.29) is 0 Å². The van der Waals surface area contributed by atoms with Crippen LogP contribution in [0.25, 0.3) is 0 Å². The number of benzene rings is 2. The van der Waals surface area contributed by atoms with Gasteiger partial charge in [-0.1, -0.05) is 115 Å². The number of halogens is 1. The Morgan fingerprint density at radius 1 is 0.543 bits per heavy atom. The maximum atomic E-state index is 12.7. The normalized spacial score (nSPS) is 11.5. The Kier molecular flexibility index (Phi) is 15.2. The largest absolute Gasteiger partial charge is 0.530 e. The van der Waals surface area contributed by atoms with Gasteiger partial charge in [-0.15, -0.1) is 0 Å². The molecule has 0 aliphatic rings. The Labute approximate surface area is 219 Å². The van der Waals surface area contributed by atoms with E-state index in [1.54, 1.807) is 0 Å². The van der Waals surface area contributed by atoms with Crippen LogP contribution >= 0.6 is 18.2 Å². The molecule has 0 radical (unpaired) electrons. The van der Waals surface area contributed by atoms with Crippen LogP contribution in [0, 0.1) is 0 Å². The minimum Gasteiger partial charge on any atom is -0.405 e. The molecule has 0 spiro atoms. The zero-order valence-electron chi connectivity index (χ0n) is 22.0. The average molecular weight is 521 g/mol. The van der Waals surface area contributed by atoms with Gasteiger partial charge in [0.25, 0.3) is 0 Å². The molecule has 5 heteroatoms. The molecule has 0 saturated carbocycles. The highest BCUT2D eigenvalue weighted by Gasteiger charge is 2.24. The summed E-state index contributed by atoms with van der Waals surface area (Å²) < 4.78 is 23.7. The third-order valence-corrected chi connectivity index (χ3v) is 7.69. The van der Waals surface area contributed by atoms with Crippen LogP contribution in [0.5, 0.6) is 11.5 Å². The number of unbranched alkanes of at least 4 members (excludes halogenated alkanes) is 12. The molecular weight excluding hydrogens is 475 g/mol. The second-order valence-electron chi connectivity index (χ2n) is 9.64. The van der Waals surface area contributed by atoms with Crippen molar-refractivity contribution in [2.24, 2.45) is 0 Å². The summed E-state index contributed by atoms with van der Waals surface area (Å²) in [6.45, 7) is 0.722. The maximum absolute atomic E-state index is 12.7. The predicted octanol–water partition coefficient (Wildman–Crippen LogP) is 11.1. The molecule has 0 saturated heterocycles. The highest BCUT2D eigenvalue weighted by atomic mass is 35.7. The molecular formula is C30H46ClO3P. The van der Waals surface area contributed by atoms with Crippen LogP contribution in [0.1, 0.15) is 115 Å². The lowest BCUT2D eigenvalue weighted by Gasteiger charge is -2.14. The molecule has 2 rings (SSSR count). The molecule has 0 bridgehead atoms. The minimum absolute atomic E-state index is 0.460. The van der Waals surface area contributed by atoms with Gasteiger partial charge < -0.3 is 9.05 Å². The van der Waals surface area contributed by atoms with Gasteiger partial charge in [0.15, 0.2) is 0 Å². The molecule has 0 aromatic heterocycles. The van der Waals surface area contributed by atoms with Crippen LogP contribution in [0.15, 0.2) is 48.5 Å². The van der Waals surface area contributed by atoms with E-state index in [0.717, 1.165) is 12.8 Å². The van der Waals surface area contributed by atoms with Crippen molar-refractivity contribution in [3.8, 4) is 11.5 Å². The van der Waals surface area contributed by atoms with Gasteiger partial charge in [-0.2, -0.15) is 0 Å². The Balaban J connectivity index is 1.68. The molecule has 0 heterocycles. The van der Waals surface area contributed by atoms with Crippen LogP contribution in [0.4, 0.5) is 0 Å². The van der Waals surface area contributed by atoms with E-state index < -0.39 is 6.95 Å². The van der Waals surface area contributed by atoms with Crippen molar-refractivity contribution in [1.82, 2.24) is 0 Å². The van der Waals surface area contributed by atoms with Gasteiger partial charge in [0, 0.05) is 11.2 Å². The summed E-state index contributed by atoms with van der Waals surface area (Å²) >= 11 is 6.10. The van der Waals surface area contributed by atoms with E-state index in [0.29, 0.717) is 11.5 Å². The summed E-state index contributed by atoms with van der Waals surface area (Å²) in [6, 6.07) is 15.3. The molecule has 196 valence electrons. The van der Waals surface area contributed by atoms with Crippen molar-refractivity contribution in [2.75, 3.05) is 0 Å². The van der Waals surface area contributed by atoms with Crippen LogP contribution in [0.2, 0.25) is 0 Å². The summed E-state index contributed by atoms with van der Waals surface area (Å²) in [5.41, 5.74) is 2.51. The molecule has 0 fully saturated rings. The lowest BCUT2D eigenvalue weighted by atomic mass is 10.0. The summed E-state index contributed by atoms with van der Waals surface area (Å²) in [5, 5.41) is 0. The summed E-state index contributed by atoms with van der Waals surface area (Å²) in [4.78, 5) is 0. The lowest BCUT2D eigenvalue weighted by Crippen LogP contribution is -1.96. The van der Waals surface area contributed by atoms with E-state index in [9.17, 15) is 4.57 Å². The van der Waals surface area contributed by atoms with E-state index >= 15 is 0 Å². The fourth-order valence-corrected chi connectivity index (χ4v) is 5.54. The molecule has 3 nitrogen and oxygen atoms in total.